The smallest absolute Gasteiger partial charge is 0.276 e. The Morgan fingerprint density at radius 1 is 0.935 bits per heavy atom. The zero-order valence-electron chi connectivity index (χ0n) is 16.9. The number of carbonyl (C=O) groups excluding carboxylic acids is 2. The fourth-order valence-electron chi connectivity index (χ4n) is 3.10. The summed E-state index contributed by atoms with van der Waals surface area (Å²) >= 11 is 1.30. The maximum atomic E-state index is 12.6. The van der Waals surface area contributed by atoms with E-state index in [1.807, 2.05) is 55.5 Å². The summed E-state index contributed by atoms with van der Waals surface area (Å²) in [5.41, 5.74) is 2.50. The number of aromatic nitrogens is 1. The second-order valence-corrected chi connectivity index (χ2v) is 7.62. The highest BCUT2D eigenvalue weighted by Gasteiger charge is 2.14. The summed E-state index contributed by atoms with van der Waals surface area (Å²) in [5, 5.41) is 6.56. The van der Waals surface area contributed by atoms with Crippen molar-refractivity contribution < 1.29 is 14.3 Å². The minimum absolute atomic E-state index is 0.183. The van der Waals surface area contributed by atoms with E-state index in [4.69, 9.17) is 4.74 Å². The van der Waals surface area contributed by atoms with Gasteiger partial charge in [0.15, 0.2) is 0 Å². The van der Waals surface area contributed by atoms with Gasteiger partial charge >= 0.3 is 0 Å². The number of fused-ring (bicyclic) bond motifs is 1. The Morgan fingerprint density at radius 2 is 1.68 bits per heavy atom. The predicted molar refractivity (Wildman–Crippen MR) is 123 cm³/mol. The van der Waals surface area contributed by atoms with Gasteiger partial charge < -0.3 is 15.4 Å². The van der Waals surface area contributed by atoms with Gasteiger partial charge in [0.25, 0.3) is 11.8 Å². The fourth-order valence-corrected chi connectivity index (χ4v) is 3.87. The van der Waals surface area contributed by atoms with Crippen LogP contribution in [0.3, 0.4) is 0 Å². The van der Waals surface area contributed by atoms with Gasteiger partial charge in [-0.2, -0.15) is 4.37 Å². The molecule has 1 heterocycles. The van der Waals surface area contributed by atoms with Crippen LogP contribution in [-0.2, 0) is 6.54 Å². The molecule has 0 aliphatic heterocycles. The van der Waals surface area contributed by atoms with Gasteiger partial charge in [-0.1, -0.05) is 30.3 Å². The first-order chi connectivity index (χ1) is 15.1. The summed E-state index contributed by atoms with van der Waals surface area (Å²) < 4.78 is 10.6. The van der Waals surface area contributed by atoms with E-state index in [9.17, 15) is 9.59 Å². The molecule has 0 saturated heterocycles. The highest BCUT2D eigenvalue weighted by Crippen LogP contribution is 2.23. The number of nitrogens with one attached hydrogen (secondary N) is 2. The van der Waals surface area contributed by atoms with E-state index < -0.39 is 0 Å². The largest absolute Gasteiger partial charge is 0.494 e. The third-order valence-electron chi connectivity index (χ3n) is 4.68. The summed E-state index contributed by atoms with van der Waals surface area (Å²) in [6.45, 7) is 2.97. The maximum Gasteiger partial charge on any atom is 0.276 e. The number of rotatable bonds is 7. The molecular weight excluding hydrogens is 410 g/mol. The van der Waals surface area contributed by atoms with Gasteiger partial charge in [-0.15, -0.1) is 0 Å². The van der Waals surface area contributed by atoms with Crippen LogP contribution in [0.1, 0.15) is 33.3 Å². The topological polar surface area (TPSA) is 80.3 Å². The first-order valence-corrected chi connectivity index (χ1v) is 10.7. The monoisotopic (exact) mass is 431 g/mol. The Balaban J connectivity index is 1.35. The average Bonchev–Trinajstić information content (AvgIpc) is 3.23. The Morgan fingerprint density at radius 3 is 2.42 bits per heavy atom. The van der Waals surface area contributed by atoms with Crippen molar-refractivity contribution in [2.45, 2.75) is 13.5 Å². The lowest BCUT2D eigenvalue weighted by Gasteiger charge is -2.08. The van der Waals surface area contributed by atoms with Crippen molar-refractivity contribution in [3.05, 3.63) is 89.6 Å². The van der Waals surface area contributed by atoms with Crippen molar-refractivity contribution in [3.63, 3.8) is 0 Å². The lowest BCUT2D eigenvalue weighted by atomic mass is 10.1. The third-order valence-corrected chi connectivity index (χ3v) is 5.51. The van der Waals surface area contributed by atoms with Crippen LogP contribution >= 0.6 is 11.5 Å². The summed E-state index contributed by atoms with van der Waals surface area (Å²) in [4.78, 5) is 25.0. The van der Waals surface area contributed by atoms with E-state index in [0.29, 0.717) is 30.1 Å². The number of benzene rings is 3. The van der Waals surface area contributed by atoms with Gasteiger partial charge in [-0.05, 0) is 66.5 Å². The number of ether oxygens (including phenoxy) is 1. The molecule has 1 aromatic heterocycles. The molecule has 0 radical (unpaired) electrons. The SMILES string of the molecule is CCOc1ccc(CNC(=O)c2ccc(NC(=O)c3nsc4ccccc34)cc2)cc1. The molecule has 4 rings (SSSR count). The molecule has 156 valence electrons. The summed E-state index contributed by atoms with van der Waals surface area (Å²) in [7, 11) is 0. The third kappa shape index (κ3) is 4.90. The Hall–Kier alpha value is -3.71. The van der Waals surface area contributed by atoms with Crippen LogP contribution in [0.4, 0.5) is 5.69 Å². The van der Waals surface area contributed by atoms with E-state index >= 15 is 0 Å². The normalized spacial score (nSPS) is 10.6. The van der Waals surface area contributed by atoms with Crippen molar-refractivity contribution >= 4 is 39.1 Å². The predicted octanol–water partition coefficient (Wildman–Crippen LogP) is 4.88. The molecule has 0 aliphatic rings. The van der Waals surface area contributed by atoms with Gasteiger partial charge in [0.2, 0.25) is 0 Å². The van der Waals surface area contributed by atoms with Gasteiger partial charge in [-0.25, -0.2) is 0 Å². The zero-order chi connectivity index (χ0) is 21.6. The summed E-state index contributed by atoms with van der Waals surface area (Å²) in [6.07, 6.45) is 0. The standard InChI is InChI=1S/C24H21N3O3S/c1-2-30-19-13-7-16(8-14-19)15-25-23(28)17-9-11-18(12-10-17)26-24(29)22-20-5-3-4-6-21(20)31-27-22/h3-14H,2,15H2,1H3,(H,25,28)(H,26,29). The van der Waals surface area contributed by atoms with Crippen LogP contribution < -0.4 is 15.4 Å². The molecule has 3 aromatic carbocycles. The molecule has 0 saturated carbocycles. The van der Waals surface area contributed by atoms with Crippen LogP contribution in [0.15, 0.2) is 72.8 Å². The van der Waals surface area contributed by atoms with Crippen LogP contribution in [-0.4, -0.2) is 22.8 Å². The molecule has 2 N–H and O–H groups in total. The van der Waals surface area contributed by atoms with Crippen molar-refractivity contribution in [3.8, 4) is 5.75 Å². The van der Waals surface area contributed by atoms with E-state index in [1.165, 1.54) is 11.5 Å². The van der Waals surface area contributed by atoms with Crippen molar-refractivity contribution in [1.29, 1.82) is 0 Å². The zero-order valence-corrected chi connectivity index (χ0v) is 17.7. The molecule has 0 atom stereocenters. The van der Waals surface area contributed by atoms with Crippen molar-refractivity contribution in [1.82, 2.24) is 9.69 Å². The van der Waals surface area contributed by atoms with Crippen LogP contribution in [0.5, 0.6) is 5.75 Å². The van der Waals surface area contributed by atoms with E-state index in [-0.39, 0.29) is 11.8 Å². The molecular formula is C24H21N3O3S. The molecule has 0 spiro atoms. The summed E-state index contributed by atoms with van der Waals surface area (Å²) in [5.74, 6) is 0.350. The van der Waals surface area contributed by atoms with Gasteiger partial charge in [-0.3, -0.25) is 9.59 Å². The molecule has 0 fully saturated rings. The molecule has 0 unspecified atom stereocenters. The minimum Gasteiger partial charge on any atom is -0.494 e. The highest BCUT2D eigenvalue weighted by molar-refractivity contribution is 7.13. The molecule has 31 heavy (non-hydrogen) atoms. The van der Waals surface area contributed by atoms with Gasteiger partial charge in [0.1, 0.15) is 11.4 Å². The molecule has 2 amide bonds. The second kappa shape index (κ2) is 9.40. The number of nitrogens with zero attached hydrogens (tertiary/aromatic N) is 1. The lowest BCUT2D eigenvalue weighted by molar-refractivity contribution is 0.0950. The molecule has 0 bridgehead atoms. The Labute approximate surface area is 184 Å². The van der Waals surface area contributed by atoms with Crippen LogP contribution in [0.2, 0.25) is 0 Å². The molecule has 7 heteroatoms. The average molecular weight is 432 g/mol. The molecule has 4 aromatic rings. The fraction of sp³-hybridized carbons (Fsp3) is 0.125. The van der Waals surface area contributed by atoms with Crippen molar-refractivity contribution in [2.75, 3.05) is 11.9 Å². The number of amides is 2. The van der Waals surface area contributed by atoms with Gasteiger partial charge in [0, 0.05) is 23.2 Å². The minimum atomic E-state index is -0.273. The maximum absolute atomic E-state index is 12.6. The quantitative estimate of drug-likeness (QED) is 0.437. The van der Waals surface area contributed by atoms with Crippen molar-refractivity contribution in [2.24, 2.45) is 0 Å². The number of hydrogen-bond donors (Lipinski definition) is 2. The van der Waals surface area contributed by atoms with Gasteiger partial charge in [0.05, 0.1) is 11.3 Å². The number of carbonyl (C=O) groups is 2. The Kier molecular flexibility index (Phi) is 6.24. The van der Waals surface area contributed by atoms with Crippen LogP contribution in [0, 0.1) is 0 Å². The Bertz CT molecular complexity index is 1200. The first kappa shape index (κ1) is 20.6. The summed E-state index contributed by atoms with van der Waals surface area (Å²) in [6, 6.07) is 22.0. The number of hydrogen-bond acceptors (Lipinski definition) is 5. The number of anilines is 1. The van der Waals surface area contributed by atoms with E-state index in [2.05, 4.69) is 15.0 Å². The van der Waals surface area contributed by atoms with E-state index in [0.717, 1.165) is 21.4 Å². The highest BCUT2D eigenvalue weighted by atomic mass is 32.1. The molecule has 0 aliphatic carbocycles. The molecule has 6 nitrogen and oxygen atoms in total. The van der Waals surface area contributed by atoms with E-state index in [1.54, 1.807) is 24.3 Å². The second-order valence-electron chi connectivity index (χ2n) is 6.82. The lowest BCUT2D eigenvalue weighted by Crippen LogP contribution is -2.22. The van der Waals surface area contributed by atoms with Crippen LogP contribution in [0.25, 0.3) is 10.1 Å². The first-order valence-electron chi connectivity index (χ1n) is 9.90.